The number of aryl methyl sites for hydroxylation is 2. The molecule has 0 amide bonds. The van der Waals surface area contributed by atoms with Crippen LogP contribution in [0.25, 0.3) is 10.8 Å². The van der Waals surface area contributed by atoms with E-state index >= 15 is 0 Å². The molecule has 0 aliphatic heterocycles. The lowest BCUT2D eigenvalue weighted by Gasteiger charge is -2.18. The molecule has 1 heterocycles. The summed E-state index contributed by atoms with van der Waals surface area (Å²) in [4.78, 5) is 0. The number of aromatic nitrogens is 2. The summed E-state index contributed by atoms with van der Waals surface area (Å²) in [6, 6.07) is 14.6. The van der Waals surface area contributed by atoms with Crippen molar-refractivity contribution in [3.05, 3.63) is 65.5 Å². The third-order valence-electron chi connectivity index (χ3n) is 3.66. The lowest BCUT2D eigenvalue weighted by molar-refractivity contribution is 0.637. The van der Waals surface area contributed by atoms with Gasteiger partial charge < -0.3 is 0 Å². The van der Waals surface area contributed by atoms with E-state index in [1.54, 1.807) is 0 Å². The Labute approximate surface area is 118 Å². The third-order valence-corrected chi connectivity index (χ3v) is 3.66. The number of hydrogen-bond acceptors (Lipinski definition) is 3. The minimum atomic E-state index is -0.0604. The molecular weight excluding hydrogens is 248 g/mol. The van der Waals surface area contributed by atoms with Gasteiger partial charge in [0.1, 0.15) is 0 Å². The van der Waals surface area contributed by atoms with Crippen LogP contribution in [-0.2, 0) is 7.05 Å². The molecule has 3 rings (SSSR count). The number of fused-ring (bicyclic) bond motifs is 1. The average molecular weight is 266 g/mol. The predicted molar refractivity (Wildman–Crippen MR) is 81.1 cm³/mol. The third kappa shape index (κ3) is 2.09. The topological polar surface area (TPSA) is 55.9 Å². The molecule has 4 heteroatoms. The van der Waals surface area contributed by atoms with Gasteiger partial charge in [0, 0.05) is 18.8 Å². The molecule has 0 bridgehead atoms. The summed E-state index contributed by atoms with van der Waals surface area (Å²) < 4.78 is 1.82. The van der Waals surface area contributed by atoms with Crippen molar-refractivity contribution in [2.24, 2.45) is 12.9 Å². The number of hydrogen-bond donors (Lipinski definition) is 2. The second-order valence-corrected chi connectivity index (χ2v) is 5.01. The Morgan fingerprint density at radius 1 is 1.10 bits per heavy atom. The SMILES string of the molecule is Cc1nn(C)cc1C(NN)c1cccc2ccccc12. The van der Waals surface area contributed by atoms with Gasteiger partial charge in [-0.2, -0.15) is 5.10 Å². The van der Waals surface area contributed by atoms with Crippen LogP contribution < -0.4 is 11.3 Å². The van der Waals surface area contributed by atoms with Crippen molar-refractivity contribution in [3.8, 4) is 0 Å². The fraction of sp³-hybridized carbons (Fsp3) is 0.188. The average Bonchev–Trinajstić information content (AvgIpc) is 2.79. The van der Waals surface area contributed by atoms with E-state index in [1.165, 1.54) is 16.3 Å². The maximum absolute atomic E-state index is 5.82. The standard InChI is InChI=1S/C16H18N4/c1-11-15(10-20(2)19-11)16(18-17)14-9-5-7-12-6-3-4-8-13(12)14/h3-10,16,18H,17H2,1-2H3. The molecule has 0 spiro atoms. The van der Waals surface area contributed by atoms with E-state index in [2.05, 4.69) is 46.9 Å². The highest BCUT2D eigenvalue weighted by molar-refractivity contribution is 5.86. The van der Waals surface area contributed by atoms with Gasteiger partial charge in [0.25, 0.3) is 0 Å². The van der Waals surface area contributed by atoms with Gasteiger partial charge in [-0.15, -0.1) is 0 Å². The second-order valence-electron chi connectivity index (χ2n) is 5.01. The number of rotatable bonds is 3. The molecule has 0 fully saturated rings. The molecule has 1 unspecified atom stereocenters. The van der Waals surface area contributed by atoms with Crippen molar-refractivity contribution in [1.29, 1.82) is 0 Å². The van der Waals surface area contributed by atoms with Crippen molar-refractivity contribution >= 4 is 10.8 Å². The summed E-state index contributed by atoms with van der Waals surface area (Å²) in [6.45, 7) is 2.00. The molecule has 3 N–H and O–H groups in total. The van der Waals surface area contributed by atoms with Crippen molar-refractivity contribution in [1.82, 2.24) is 15.2 Å². The van der Waals surface area contributed by atoms with Gasteiger partial charge in [0.15, 0.2) is 0 Å². The molecule has 0 saturated carbocycles. The molecule has 0 aliphatic carbocycles. The van der Waals surface area contributed by atoms with Crippen molar-refractivity contribution in [2.45, 2.75) is 13.0 Å². The molecule has 1 atom stereocenters. The predicted octanol–water partition coefficient (Wildman–Crippen LogP) is 2.43. The Morgan fingerprint density at radius 3 is 2.55 bits per heavy atom. The Hall–Kier alpha value is -2.17. The van der Waals surface area contributed by atoms with Crippen LogP contribution in [0.4, 0.5) is 0 Å². The van der Waals surface area contributed by atoms with E-state index < -0.39 is 0 Å². The van der Waals surface area contributed by atoms with Crippen LogP contribution in [0, 0.1) is 6.92 Å². The number of nitrogens with two attached hydrogens (primary N) is 1. The van der Waals surface area contributed by atoms with Gasteiger partial charge in [0.05, 0.1) is 11.7 Å². The number of nitrogens with one attached hydrogen (secondary N) is 1. The van der Waals surface area contributed by atoms with Gasteiger partial charge in [-0.25, -0.2) is 5.43 Å². The van der Waals surface area contributed by atoms with Crippen LogP contribution in [0.1, 0.15) is 22.9 Å². The number of benzene rings is 2. The Balaban J connectivity index is 2.19. The Kier molecular flexibility index (Phi) is 3.26. The molecule has 20 heavy (non-hydrogen) atoms. The number of hydrazine groups is 1. The van der Waals surface area contributed by atoms with Crippen LogP contribution in [0.15, 0.2) is 48.7 Å². The van der Waals surface area contributed by atoms with Crippen LogP contribution >= 0.6 is 0 Å². The first-order valence-corrected chi connectivity index (χ1v) is 6.64. The number of nitrogens with zero attached hydrogens (tertiary/aromatic N) is 2. The smallest absolute Gasteiger partial charge is 0.0749 e. The van der Waals surface area contributed by atoms with E-state index in [1.807, 2.05) is 30.9 Å². The van der Waals surface area contributed by atoms with Crippen LogP contribution in [-0.4, -0.2) is 9.78 Å². The summed E-state index contributed by atoms with van der Waals surface area (Å²) in [6.07, 6.45) is 2.02. The molecule has 4 nitrogen and oxygen atoms in total. The molecule has 2 aromatic carbocycles. The second kappa shape index (κ2) is 5.07. The highest BCUT2D eigenvalue weighted by Gasteiger charge is 2.19. The van der Waals surface area contributed by atoms with Crippen LogP contribution in [0.5, 0.6) is 0 Å². The first kappa shape index (κ1) is 12.8. The molecule has 3 aromatic rings. The van der Waals surface area contributed by atoms with E-state index in [9.17, 15) is 0 Å². The van der Waals surface area contributed by atoms with Crippen molar-refractivity contribution in [2.75, 3.05) is 0 Å². The summed E-state index contributed by atoms with van der Waals surface area (Å²) in [5, 5.41) is 6.83. The molecular formula is C16H18N4. The largest absolute Gasteiger partial charge is 0.275 e. The maximum Gasteiger partial charge on any atom is 0.0749 e. The minimum absolute atomic E-state index is 0.0604. The van der Waals surface area contributed by atoms with Gasteiger partial charge in [-0.1, -0.05) is 42.5 Å². The molecule has 1 aromatic heterocycles. The quantitative estimate of drug-likeness (QED) is 0.565. The van der Waals surface area contributed by atoms with E-state index in [0.717, 1.165) is 11.3 Å². The van der Waals surface area contributed by atoms with E-state index in [4.69, 9.17) is 5.84 Å². The molecule has 0 saturated heterocycles. The van der Waals surface area contributed by atoms with Crippen LogP contribution in [0.2, 0.25) is 0 Å². The first-order chi connectivity index (χ1) is 9.70. The van der Waals surface area contributed by atoms with Gasteiger partial charge in [-0.3, -0.25) is 10.5 Å². The summed E-state index contributed by atoms with van der Waals surface area (Å²) >= 11 is 0. The van der Waals surface area contributed by atoms with E-state index in [-0.39, 0.29) is 6.04 Å². The molecule has 102 valence electrons. The summed E-state index contributed by atoms with van der Waals surface area (Å²) in [5.74, 6) is 5.82. The Bertz CT molecular complexity index is 740. The first-order valence-electron chi connectivity index (χ1n) is 6.64. The summed E-state index contributed by atoms with van der Waals surface area (Å²) in [7, 11) is 1.92. The van der Waals surface area contributed by atoms with Gasteiger partial charge in [-0.05, 0) is 23.3 Å². The lowest BCUT2D eigenvalue weighted by Crippen LogP contribution is -2.29. The fourth-order valence-corrected chi connectivity index (χ4v) is 2.75. The highest BCUT2D eigenvalue weighted by atomic mass is 15.3. The van der Waals surface area contributed by atoms with Crippen LogP contribution in [0.3, 0.4) is 0 Å². The fourth-order valence-electron chi connectivity index (χ4n) is 2.75. The zero-order valence-corrected chi connectivity index (χ0v) is 11.7. The Morgan fingerprint density at radius 2 is 1.85 bits per heavy atom. The normalized spacial score (nSPS) is 12.8. The van der Waals surface area contributed by atoms with Crippen molar-refractivity contribution < 1.29 is 0 Å². The molecule has 0 aliphatic rings. The van der Waals surface area contributed by atoms with E-state index in [0.29, 0.717) is 0 Å². The van der Waals surface area contributed by atoms with Gasteiger partial charge in [0.2, 0.25) is 0 Å². The zero-order valence-electron chi connectivity index (χ0n) is 11.7. The molecule has 0 radical (unpaired) electrons. The summed E-state index contributed by atoms with van der Waals surface area (Å²) in [5.41, 5.74) is 6.19. The lowest BCUT2D eigenvalue weighted by atomic mass is 9.94. The van der Waals surface area contributed by atoms with Crippen molar-refractivity contribution in [3.63, 3.8) is 0 Å². The highest BCUT2D eigenvalue weighted by Crippen LogP contribution is 2.29. The maximum atomic E-state index is 5.82. The van der Waals surface area contributed by atoms with Gasteiger partial charge >= 0.3 is 0 Å². The monoisotopic (exact) mass is 266 g/mol. The zero-order chi connectivity index (χ0) is 14.1. The minimum Gasteiger partial charge on any atom is -0.275 e.